The van der Waals surface area contributed by atoms with Crippen LogP contribution in [0.3, 0.4) is 0 Å². The second-order valence-electron chi connectivity index (χ2n) is 10.0. The van der Waals surface area contributed by atoms with Crippen molar-refractivity contribution < 1.29 is 0 Å². The summed E-state index contributed by atoms with van der Waals surface area (Å²) < 4.78 is 2.25. The predicted octanol–water partition coefficient (Wildman–Crippen LogP) is 9.82. The van der Waals surface area contributed by atoms with Crippen molar-refractivity contribution in [3.63, 3.8) is 0 Å². The maximum atomic E-state index is 5.03. The van der Waals surface area contributed by atoms with Crippen LogP contribution >= 0.6 is 0 Å². The van der Waals surface area contributed by atoms with Gasteiger partial charge in [-0.3, -0.25) is 4.57 Å². The molecular formula is C37H24N2. The summed E-state index contributed by atoms with van der Waals surface area (Å²) in [7, 11) is 0. The van der Waals surface area contributed by atoms with Crippen LogP contribution in [0, 0.1) is 0 Å². The van der Waals surface area contributed by atoms with Gasteiger partial charge in [0.05, 0.1) is 11.0 Å². The van der Waals surface area contributed by atoms with E-state index >= 15 is 0 Å². The summed E-state index contributed by atoms with van der Waals surface area (Å²) in [6, 6.07) is 51.9. The second-order valence-corrected chi connectivity index (χ2v) is 10.0. The van der Waals surface area contributed by atoms with Crippen molar-refractivity contribution in [1.29, 1.82) is 0 Å². The average Bonchev–Trinajstić information content (AvgIpc) is 3.41. The quantitative estimate of drug-likeness (QED) is 0.223. The van der Waals surface area contributed by atoms with Gasteiger partial charge in [-0.1, -0.05) is 115 Å². The molecule has 2 heteroatoms. The summed E-state index contributed by atoms with van der Waals surface area (Å²) in [5.41, 5.74) is 6.71. The molecule has 182 valence electrons. The molecule has 39 heavy (non-hydrogen) atoms. The molecule has 0 spiro atoms. The van der Waals surface area contributed by atoms with Crippen molar-refractivity contribution in [3.05, 3.63) is 146 Å². The van der Waals surface area contributed by atoms with Gasteiger partial charge in [0.15, 0.2) is 0 Å². The lowest BCUT2D eigenvalue weighted by atomic mass is 9.92. The van der Waals surface area contributed by atoms with Gasteiger partial charge in [-0.25, -0.2) is 4.98 Å². The maximum Gasteiger partial charge on any atom is 0.145 e. The molecule has 0 aliphatic heterocycles. The summed E-state index contributed by atoms with van der Waals surface area (Å²) in [5, 5.41) is 7.78. The molecule has 0 aliphatic rings. The van der Waals surface area contributed by atoms with E-state index in [1.807, 2.05) is 12.1 Å². The Kier molecular flexibility index (Phi) is 4.86. The van der Waals surface area contributed by atoms with Gasteiger partial charge in [0.1, 0.15) is 5.82 Å². The lowest BCUT2D eigenvalue weighted by molar-refractivity contribution is 1.10. The van der Waals surface area contributed by atoms with E-state index in [2.05, 4.69) is 138 Å². The smallest absolute Gasteiger partial charge is 0.145 e. The zero-order valence-corrected chi connectivity index (χ0v) is 21.3. The Morgan fingerprint density at radius 1 is 0.385 bits per heavy atom. The van der Waals surface area contributed by atoms with Crippen molar-refractivity contribution in [2.75, 3.05) is 0 Å². The fourth-order valence-corrected chi connectivity index (χ4v) is 5.96. The fourth-order valence-electron chi connectivity index (χ4n) is 5.96. The molecule has 0 fully saturated rings. The molecule has 8 rings (SSSR count). The van der Waals surface area contributed by atoms with E-state index in [1.165, 1.54) is 43.4 Å². The van der Waals surface area contributed by atoms with E-state index in [-0.39, 0.29) is 0 Å². The minimum Gasteiger partial charge on any atom is -0.292 e. The number of hydrogen-bond donors (Lipinski definition) is 0. The SMILES string of the molecule is c1ccc(-n2c(-c3ccc(-c4ccc5c6ccccc6c6ccccc6c5c4)cc3)nc3ccccc32)cc1. The zero-order valence-electron chi connectivity index (χ0n) is 21.3. The summed E-state index contributed by atoms with van der Waals surface area (Å²) in [6.07, 6.45) is 0. The number of benzene rings is 7. The number of para-hydroxylation sites is 3. The van der Waals surface area contributed by atoms with Crippen molar-refractivity contribution in [1.82, 2.24) is 9.55 Å². The zero-order chi connectivity index (χ0) is 25.8. The van der Waals surface area contributed by atoms with Gasteiger partial charge in [0.25, 0.3) is 0 Å². The molecule has 0 amide bonds. The van der Waals surface area contributed by atoms with E-state index in [4.69, 9.17) is 4.98 Å². The Hall–Kier alpha value is -5.21. The molecule has 0 bridgehead atoms. The van der Waals surface area contributed by atoms with E-state index in [1.54, 1.807) is 0 Å². The number of nitrogens with zero attached hydrogens (tertiary/aromatic N) is 2. The van der Waals surface area contributed by atoms with Crippen LogP contribution in [0.1, 0.15) is 0 Å². The van der Waals surface area contributed by atoms with E-state index in [0.717, 1.165) is 28.1 Å². The normalized spacial score (nSPS) is 11.6. The third-order valence-corrected chi connectivity index (χ3v) is 7.80. The highest BCUT2D eigenvalue weighted by Gasteiger charge is 2.15. The highest BCUT2D eigenvalue weighted by molar-refractivity contribution is 6.25. The Bertz CT molecular complexity index is 2120. The number of imidazole rings is 1. The first-order valence-corrected chi connectivity index (χ1v) is 13.3. The van der Waals surface area contributed by atoms with Gasteiger partial charge in [-0.15, -0.1) is 0 Å². The van der Waals surface area contributed by atoms with Crippen LogP contribution in [-0.2, 0) is 0 Å². The van der Waals surface area contributed by atoms with Crippen LogP contribution in [0.25, 0.3) is 71.6 Å². The largest absolute Gasteiger partial charge is 0.292 e. The average molecular weight is 497 g/mol. The number of aromatic nitrogens is 2. The van der Waals surface area contributed by atoms with Gasteiger partial charge < -0.3 is 0 Å². The molecular weight excluding hydrogens is 472 g/mol. The highest BCUT2D eigenvalue weighted by Crippen LogP contribution is 2.37. The van der Waals surface area contributed by atoms with Crippen molar-refractivity contribution in [2.24, 2.45) is 0 Å². The molecule has 2 nitrogen and oxygen atoms in total. The molecule has 0 atom stereocenters. The molecule has 0 unspecified atom stereocenters. The number of fused-ring (bicyclic) bond motifs is 7. The summed E-state index contributed by atoms with van der Waals surface area (Å²) in [5.74, 6) is 0.949. The van der Waals surface area contributed by atoms with Gasteiger partial charge in [0, 0.05) is 11.3 Å². The molecule has 8 aromatic rings. The minimum absolute atomic E-state index is 0.949. The van der Waals surface area contributed by atoms with Crippen molar-refractivity contribution in [2.45, 2.75) is 0 Å². The van der Waals surface area contributed by atoms with Crippen LogP contribution in [-0.4, -0.2) is 9.55 Å². The minimum atomic E-state index is 0.949. The third kappa shape index (κ3) is 3.46. The first-order chi connectivity index (χ1) is 19.3. The number of rotatable bonds is 3. The molecule has 0 saturated carbocycles. The Balaban J connectivity index is 1.27. The van der Waals surface area contributed by atoms with Crippen molar-refractivity contribution in [3.8, 4) is 28.2 Å². The fraction of sp³-hybridized carbons (Fsp3) is 0. The predicted molar refractivity (Wildman–Crippen MR) is 164 cm³/mol. The van der Waals surface area contributed by atoms with Crippen LogP contribution in [0.5, 0.6) is 0 Å². The first-order valence-electron chi connectivity index (χ1n) is 13.3. The van der Waals surface area contributed by atoms with Gasteiger partial charge in [-0.05, 0) is 73.8 Å². The summed E-state index contributed by atoms with van der Waals surface area (Å²) in [4.78, 5) is 5.03. The Morgan fingerprint density at radius 2 is 0.897 bits per heavy atom. The Morgan fingerprint density at radius 3 is 1.59 bits per heavy atom. The molecule has 7 aromatic carbocycles. The monoisotopic (exact) mass is 496 g/mol. The molecule has 1 aromatic heterocycles. The lowest BCUT2D eigenvalue weighted by Crippen LogP contribution is -1.97. The standard InChI is InChI=1S/C37H24N2/c1-2-10-28(11-3-1)39-36-17-9-8-16-35(36)38-37(39)26-20-18-25(19-21-26)27-22-23-33-31-14-5-4-12-29(31)30-13-6-7-15-32(30)34(33)24-27/h1-24H. The lowest BCUT2D eigenvalue weighted by Gasteiger charge is -2.12. The third-order valence-electron chi connectivity index (χ3n) is 7.80. The summed E-state index contributed by atoms with van der Waals surface area (Å²) in [6.45, 7) is 0. The maximum absolute atomic E-state index is 5.03. The van der Waals surface area contributed by atoms with Gasteiger partial charge in [0.2, 0.25) is 0 Å². The first kappa shape index (κ1) is 21.8. The van der Waals surface area contributed by atoms with E-state index in [0.29, 0.717) is 0 Å². The van der Waals surface area contributed by atoms with E-state index < -0.39 is 0 Å². The van der Waals surface area contributed by atoms with Crippen LogP contribution in [0.4, 0.5) is 0 Å². The van der Waals surface area contributed by atoms with Gasteiger partial charge in [-0.2, -0.15) is 0 Å². The molecule has 0 N–H and O–H groups in total. The van der Waals surface area contributed by atoms with Crippen LogP contribution in [0.15, 0.2) is 146 Å². The summed E-state index contributed by atoms with van der Waals surface area (Å²) >= 11 is 0. The molecule has 0 radical (unpaired) electrons. The second kappa shape index (κ2) is 8.68. The molecule has 0 saturated heterocycles. The highest BCUT2D eigenvalue weighted by atomic mass is 15.1. The topological polar surface area (TPSA) is 17.8 Å². The van der Waals surface area contributed by atoms with Crippen molar-refractivity contribution >= 4 is 43.4 Å². The van der Waals surface area contributed by atoms with Crippen LogP contribution < -0.4 is 0 Å². The molecule has 1 heterocycles. The van der Waals surface area contributed by atoms with Gasteiger partial charge >= 0.3 is 0 Å². The van der Waals surface area contributed by atoms with Crippen LogP contribution in [0.2, 0.25) is 0 Å². The Labute approximate surface area is 226 Å². The number of hydrogen-bond acceptors (Lipinski definition) is 1. The van der Waals surface area contributed by atoms with E-state index in [9.17, 15) is 0 Å². The molecule has 0 aliphatic carbocycles.